The molecule has 3 rings (SSSR count). The molecule has 0 fully saturated rings. The Balaban J connectivity index is 1.68. The van der Waals surface area contributed by atoms with Crippen molar-refractivity contribution in [1.82, 2.24) is 0 Å². The number of halogens is 2. The van der Waals surface area contributed by atoms with Crippen molar-refractivity contribution in [3.8, 4) is 11.5 Å². The molecule has 26 heavy (non-hydrogen) atoms. The highest BCUT2D eigenvalue weighted by molar-refractivity contribution is 6.32. The molecular formula is C18H15Cl2NO5. The third-order valence-electron chi connectivity index (χ3n) is 3.77. The summed E-state index contributed by atoms with van der Waals surface area (Å²) in [5.74, 6) is -0.437. The Bertz CT molecular complexity index is 884. The number of fused-ring (bicyclic) bond motifs is 1. The van der Waals surface area contributed by atoms with Crippen molar-refractivity contribution in [3.05, 3.63) is 51.5 Å². The van der Waals surface area contributed by atoms with Gasteiger partial charge in [0.1, 0.15) is 0 Å². The second kappa shape index (κ2) is 7.43. The Kier molecular flexibility index (Phi) is 5.25. The number of ether oxygens (including phenoxy) is 3. The van der Waals surface area contributed by atoms with Crippen molar-refractivity contribution < 1.29 is 23.8 Å². The molecule has 0 saturated heterocycles. The second-order valence-electron chi connectivity index (χ2n) is 5.69. The minimum absolute atomic E-state index is 0.0331. The number of aryl methyl sites for hydroxylation is 1. The first-order valence-electron chi connectivity index (χ1n) is 7.72. The van der Waals surface area contributed by atoms with Crippen LogP contribution < -0.4 is 14.8 Å². The molecule has 0 aliphatic carbocycles. The molecule has 1 aliphatic rings. The average molecular weight is 396 g/mol. The van der Waals surface area contributed by atoms with Gasteiger partial charge in [0.25, 0.3) is 5.91 Å². The first kappa shape index (κ1) is 18.4. The van der Waals surface area contributed by atoms with Gasteiger partial charge in [0.05, 0.1) is 10.6 Å². The van der Waals surface area contributed by atoms with Crippen LogP contribution in [0.15, 0.2) is 30.3 Å². The predicted octanol–water partition coefficient (Wildman–Crippen LogP) is 4.21. The molecule has 0 radical (unpaired) electrons. The largest absolute Gasteiger partial charge is 0.454 e. The smallest absolute Gasteiger partial charge is 0.339 e. The number of benzene rings is 2. The zero-order valence-corrected chi connectivity index (χ0v) is 15.5. The summed E-state index contributed by atoms with van der Waals surface area (Å²) in [5, 5.41) is 3.42. The Morgan fingerprint density at radius 2 is 1.96 bits per heavy atom. The van der Waals surface area contributed by atoms with E-state index < -0.39 is 18.0 Å². The highest BCUT2D eigenvalue weighted by Crippen LogP contribution is 2.40. The lowest BCUT2D eigenvalue weighted by Gasteiger charge is -2.15. The molecule has 1 aliphatic heterocycles. The number of nitrogens with one attached hydrogen (secondary N) is 1. The predicted molar refractivity (Wildman–Crippen MR) is 97.3 cm³/mol. The van der Waals surface area contributed by atoms with Crippen LogP contribution in [-0.2, 0) is 9.53 Å². The molecular weight excluding hydrogens is 381 g/mol. The van der Waals surface area contributed by atoms with Crippen LogP contribution in [0.3, 0.4) is 0 Å². The van der Waals surface area contributed by atoms with E-state index in [1.165, 1.54) is 19.1 Å². The molecule has 1 N–H and O–H groups in total. The monoisotopic (exact) mass is 395 g/mol. The molecule has 8 heteroatoms. The van der Waals surface area contributed by atoms with Gasteiger partial charge in [0.15, 0.2) is 17.6 Å². The van der Waals surface area contributed by atoms with Gasteiger partial charge in [0.2, 0.25) is 6.79 Å². The lowest BCUT2D eigenvalue weighted by atomic mass is 10.2. The number of hydrogen-bond donors (Lipinski definition) is 1. The van der Waals surface area contributed by atoms with Crippen molar-refractivity contribution in [1.29, 1.82) is 0 Å². The molecule has 0 spiro atoms. The van der Waals surface area contributed by atoms with Crippen molar-refractivity contribution in [2.24, 2.45) is 0 Å². The first-order chi connectivity index (χ1) is 12.3. The van der Waals surface area contributed by atoms with Crippen molar-refractivity contribution in [2.75, 3.05) is 12.1 Å². The molecule has 0 bridgehead atoms. The molecule has 1 heterocycles. The standard InChI is InChI=1S/C18H15Cl2NO5/c1-9-3-4-12(19)7-14(9)21-17(22)10(2)26-18(23)11-5-13(20)16-15(6-11)24-8-25-16/h3-7,10H,8H2,1-2H3,(H,21,22). The minimum Gasteiger partial charge on any atom is -0.454 e. The van der Waals surface area contributed by atoms with Gasteiger partial charge in [-0.25, -0.2) is 4.79 Å². The van der Waals surface area contributed by atoms with E-state index in [1.54, 1.807) is 18.2 Å². The van der Waals surface area contributed by atoms with E-state index in [0.717, 1.165) is 5.56 Å². The fraction of sp³-hybridized carbons (Fsp3) is 0.222. The van der Waals surface area contributed by atoms with Gasteiger partial charge < -0.3 is 19.5 Å². The highest BCUT2D eigenvalue weighted by Gasteiger charge is 2.24. The van der Waals surface area contributed by atoms with E-state index in [1.807, 2.05) is 6.92 Å². The number of carbonyl (C=O) groups excluding carboxylic acids is 2. The summed E-state index contributed by atoms with van der Waals surface area (Å²) in [6.45, 7) is 3.34. The molecule has 0 saturated carbocycles. The van der Waals surface area contributed by atoms with Crippen LogP contribution >= 0.6 is 23.2 Å². The lowest BCUT2D eigenvalue weighted by Crippen LogP contribution is -2.30. The number of carbonyl (C=O) groups is 2. The maximum atomic E-state index is 12.3. The number of hydrogen-bond acceptors (Lipinski definition) is 5. The van der Waals surface area contributed by atoms with E-state index >= 15 is 0 Å². The summed E-state index contributed by atoms with van der Waals surface area (Å²) in [7, 11) is 0. The maximum absolute atomic E-state index is 12.3. The van der Waals surface area contributed by atoms with E-state index in [2.05, 4.69) is 5.32 Å². The van der Waals surface area contributed by atoms with Crippen LogP contribution in [-0.4, -0.2) is 24.8 Å². The molecule has 2 aromatic rings. The minimum atomic E-state index is -1.02. The normalized spacial score (nSPS) is 13.2. The van der Waals surface area contributed by atoms with Crippen LogP contribution in [0.5, 0.6) is 11.5 Å². The number of anilines is 1. The fourth-order valence-corrected chi connectivity index (χ4v) is 2.77. The molecule has 1 unspecified atom stereocenters. The van der Waals surface area contributed by atoms with Gasteiger partial charge in [-0.05, 0) is 43.7 Å². The van der Waals surface area contributed by atoms with Crippen molar-refractivity contribution >= 4 is 40.8 Å². The first-order valence-corrected chi connectivity index (χ1v) is 8.48. The zero-order valence-electron chi connectivity index (χ0n) is 14.0. The van der Waals surface area contributed by atoms with Crippen molar-refractivity contribution in [3.63, 3.8) is 0 Å². The molecule has 1 atom stereocenters. The summed E-state index contributed by atoms with van der Waals surface area (Å²) in [4.78, 5) is 24.6. The van der Waals surface area contributed by atoms with Crippen LogP contribution in [0.4, 0.5) is 5.69 Å². The maximum Gasteiger partial charge on any atom is 0.339 e. The number of rotatable bonds is 4. The van der Waals surface area contributed by atoms with E-state index in [-0.39, 0.29) is 17.4 Å². The molecule has 1 amide bonds. The molecule has 0 aromatic heterocycles. The summed E-state index contributed by atoms with van der Waals surface area (Å²) < 4.78 is 15.6. The van der Waals surface area contributed by atoms with Gasteiger partial charge in [-0.15, -0.1) is 0 Å². The molecule has 6 nitrogen and oxygen atoms in total. The Morgan fingerprint density at radius 1 is 1.19 bits per heavy atom. The van der Waals surface area contributed by atoms with Gasteiger partial charge in [-0.1, -0.05) is 29.3 Å². The number of amides is 1. The van der Waals surface area contributed by atoms with Gasteiger partial charge >= 0.3 is 5.97 Å². The summed E-state index contributed by atoms with van der Waals surface area (Å²) in [6.07, 6.45) is -1.02. The second-order valence-corrected chi connectivity index (χ2v) is 6.53. The van der Waals surface area contributed by atoms with Crippen LogP contribution in [0.1, 0.15) is 22.8 Å². The molecule has 136 valence electrons. The van der Waals surface area contributed by atoms with Crippen LogP contribution in [0.25, 0.3) is 0 Å². The summed E-state index contributed by atoms with van der Waals surface area (Å²) >= 11 is 12.0. The summed E-state index contributed by atoms with van der Waals surface area (Å²) in [5.41, 5.74) is 1.55. The Labute approximate surface area is 159 Å². The highest BCUT2D eigenvalue weighted by atomic mass is 35.5. The van der Waals surface area contributed by atoms with Crippen LogP contribution in [0.2, 0.25) is 10.0 Å². The van der Waals surface area contributed by atoms with Gasteiger partial charge in [-0.3, -0.25) is 4.79 Å². The topological polar surface area (TPSA) is 73.9 Å². The lowest BCUT2D eigenvalue weighted by molar-refractivity contribution is -0.123. The van der Waals surface area contributed by atoms with Crippen LogP contribution in [0, 0.1) is 6.92 Å². The van der Waals surface area contributed by atoms with E-state index in [0.29, 0.717) is 22.2 Å². The van der Waals surface area contributed by atoms with E-state index in [9.17, 15) is 9.59 Å². The van der Waals surface area contributed by atoms with Gasteiger partial charge in [0, 0.05) is 10.7 Å². The Hall–Kier alpha value is -2.44. The zero-order chi connectivity index (χ0) is 18.8. The number of esters is 1. The van der Waals surface area contributed by atoms with Crippen molar-refractivity contribution in [2.45, 2.75) is 20.0 Å². The quantitative estimate of drug-likeness (QED) is 0.784. The summed E-state index contributed by atoms with van der Waals surface area (Å²) in [6, 6.07) is 8.00. The van der Waals surface area contributed by atoms with E-state index in [4.69, 9.17) is 37.4 Å². The average Bonchev–Trinajstić information content (AvgIpc) is 3.07. The fourth-order valence-electron chi connectivity index (χ4n) is 2.33. The molecule has 2 aromatic carbocycles. The SMILES string of the molecule is Cc1ccc(Cl)cc1NC(=O)C(C)OC(=O)c1cc(Cl)c2c(c1)OCO2. The third kappa shape index (κ3) is 3.86. The third-order valence-corrected chi connectivity index (χ3v) is 4.29. The van der Waals surface area contributed by atoms with Gasteiger partial charge in [-0.2, -0.15) is 0 Å². The Morgan fingerprint density at radius 3 is 2.73 bits per heavy atom.